The number of hydrogen-bond donors (Lipinski definition) is 1. The molecule has 0 aromatic heterocycles. The standard InChI is InChI=1S/C14H22OS/c1-11(2)16-13-7-5-12(6-8-13)9-10-14(3,4)15/h5-8,11,15H,9-10H2,1-4H3. The zero-order valence-electron chi connectivity index (χ0n) is 10.7. The molecule has 1 aromatic rings. The van der Waals surface area contributed by atoms with Gasteiger partial charge >= 0.3 is 0 Å². The molecule has 1 rings (SSSR count). The van der Waals surface area contributed by atoms with E-state index in [0.717, 1.165) is 12.8 Å². The van der Waals surface area contributed by atoms with Crippen LogP contribution in [0, 0.1) is 0 Å². The maximum absolute atomic E-state index is 9.65. The molecule has 0 atom stereocenters. The van der Waals surface area contributed by atoms with Gasteiger partial charge in [-0.3, -0.25) is 0 Å². The van der Waals surface area contributed by atoms with Crippen molar-refractivity contribution in [3.63, 3.8) is 0 Å². The van der Waals surface area contributed by atoms with E-state index in [9.17, 15) is 5.11 Å². The molecule has 0 spiro atoms. The van der Waals surface area contributed by atoms with Crippen LogP contribution in [0.1, 0.15) is 39.7 Å². The van der Waals surface area contributed by atoms with E-state index >= 15 is 0 Å². The van der Waals surface area contributed by atoms with Gasteiger partial charge in [0.2, 0.25) is 0 Å². The molecule has 90 valence electrons. The summed E-state index contributed by atoms with van der Waals surface area (Å²) in [7, 11) is 0. The maximum atomic E-state index is 9.65. The van der Waals surface area contributed by atoms with E-state index in [1.807, 2.05) is 25.6 Å². The molecular formula is C14H22OS. The van der Waals surface area contributed by atoms with E-state index in [1.54, 1.807) is 0 Å². The number of aryl methyl sites for hydroxylation is 1. The van der Waals surface area contributed by atoms with Crippen molar-refractivity contribution in [2.24, 2.45) is 0 Å². The fourth-order valence-corrected chi connectivity index (χ4v) is 2.29. The Balaban J connectivity index is 2.51. The Morgan fingerprint density at radius 2 is 1.75 bits per heavy atom. The highest BCUT2D eigenvalue weighted by Gasteiger charge is 2.11. The van der Waals surface area contributed by atoms with Crippen LogP contribution in [0.15, 0.2) is 29.2 Å². The number of hydrogen-bond acceptors (Lipinski definition) is 2. The van der Waals surface area contributed by atoms with Crippen molar-refractivity contribution in [3.05, 3.63) is 29.8 Å². The molecule has 16 heavy (non-hydrogen) atoms. The second-order valence-electron chi connectivity index (χ2n) is 5.12. The lowest BCUT2D eigenvalue weighted by molar-refractivity contribution is 0.0714. The topological polar surface area (TPSA) is 20.2 Å². The van der Waals surface area contributed by atoms with Crippen LogP contribution in [-0.4, -0.2) is 16.0 Å². The van der Waals surface area contributed by atoms with Gasteiger partial charge in [-0.2, -0.15) is 0 Å². The van der Waals surface area contributed by atoms with E-state index in [2.05, 4.69) is 38.1 Å². The molecule has 0 fully saturated rings. The van der Waals surface area contributed by atoms with Crippen molar-refractivity contribution in [2.45, 2.75) is 56.3 Å². The van der Waals surface area contributed by atoms with Gasteiger partial charge in [-0.1, -0.05) is 26.0 Å². The zero-order valence-corrected chi connectivity index (χ0v) is 11.5. The summed E-state index contributed by atoms with van der Waals surface area (Å²) in [6.07, 6.45) is 1.75. The molecule has 0 bridgehead atoms. The summed E-state index contributed by atoms with van der Waals surface area (Å²) in [6, 6.07) is 8.67. The molecule has 0 saturated carbocycles. The van der Waals surface area contributed by atoms with Gasteiger partial charge < -0.3 is 5.11 Å². The molecular weight excluding hydrogens is 216 g/mol. The lowest BCUT2D eigenvalue weighted by Gasteiger charge is -2.16. The van der Waals surface area contributed by atoms with Crippen molar-refractivity contribution in [1.29, 1.82) is 0 Å². The summed E-state index contributed by atoms with van der Waals surface area (Å²) >= 11 is 1.88. The van der Waals surface area contributed by atoms with Crippen LogP contribution in [0.3, 0.4) is 0 Å². The Kier molecular flexibility index (Phi) is 4.88. The highest BCUT2D eigenvalue weighted by molar-refractivity contribution is 7.99. The minimum absolute atomic E-state index is 0.564. The van der Waals surface area contributed by atoms with Crippen LogP contribution in [0.5, 0.6) is 0 Å². The Hall–Kier alpha value is -0.470. The van der Waals surface area contributed by atoms with E-state index in [-0.39, 0.29) is 0 Å². The highest BCUT2D eigenvalue weighted by atomic mass is 32.2. The van der Waals surface area contributed by atoms with Crippen molar-refractivity contribution < 1.29 is 5.11 Å². The van der Waals surface area contributed by atoms with Crippen LogP contribution >= 0.6 is 11.8 Å². The Labute approximate surface area is 103 Å². The Bertz CT molecular complexity index is 309. The van der Waals surface area contributed by atoms with E-state index in [1.165, 1.54) is 10.5 Å². The molecule has 1 nitrogen and oxygen atoms in total. The maximum Gasteiger partial charge on any atom is 0.0594 e. The normalized spacial score (nSPS) is 12.1. The first kappa shape index (κ1) is 13.6. The van der Waals surface area contributed by atoms with Gasteiger partial charge in [0, 0.05) is 10.1 Å². The molecule has 0 heterocycles. The van der Waals surface area contributed by atoms with E-state index < -0.39 is 5.60 Å². The first-order valence-electron chi connectivity index (χ1n) is 5.85. The second kappa shape index (κ2) is 5.74. The fourth-order valence-electron chi connectivity index (χ4n) is 1.46. The molecule has 0 aliphatic carbocycles. The molecule has 0 unspecified atom stereocenters. The van der Waals surface area contributed by atoms with Gasteiger partial charge in [0.25, 0.3) is 0 Å². The summed E-state index contributed by atoms with van der Waals surface area (Å²) in [5.41, 5.74) is 0.737. The van der Waals surface area contributed by atoms with Crippen molar-refractivity contribution >= 4 is 11.8 Å². The SMILES string of the molecule is CC(C)Sc1ccc(CCC(C)(C)O)cc1. The van der Waals surface area contributed by atoms with Crippen molar-refractivity contribution in [3.8, 4) is 0 Å². The third-order valence-electron chi connectivity index (χ3n) is 2.32. The molecule has 1 aromatic carbocycles. The average molecular weight is 238 g/mol. The molecule has 0 aliphatic rings. The number of rotatable bonds is 5. The molecule has 0 saturated heterocycles. The largest absolute Gasteiger partial charge is 0.390 e. The average Bonchev–Trinajstić information content (AvgIpc) is 2.14. The predicted octanol–water partition coefficient (Wildman–Crippen LogP) is 3.89. The molecule has 0 radical (unpaired) electrons. The monoisotopic (exact) mass is 238 g/mol. The van der Waals surface area contributed by atoms with Gasteiger partial charge in [0.05, 0.1) is 5.60 Å². The van der Waals surface area contributed by atoms with Crippen LogP contribution in [0.2, 0.25) is 0 Å². The Morgan fingerprint density at radius 1 is 1.19 bits per heavy atom. The summed E-state index contributed by atoms with van der Waals surface area (Å²) in [5.74, 6) is 0. The van der Waals surface area contributed by atoms with Crippen molar-refractivity contribution in [1.82, 2.24) is 0 Å². The minimum atomic E-state index is -0.564. The first-order valence-corrected chi connectivity index (χ1v) is 6.73. The van der Waals surface area contributed by atoms with Gasteiger partial charge in [0.15, 0.2) is 0 Å². The first-order chi connectivity index (χ1) is 7.37. The third kappa shape index (κ3) is 5.57. The quantitative estimate of drug-likeness (QED) is 0.785. The fraction of sp³-hybridized carbons (Fsp3) is 0.571. The number of thioether (sulfide) groups is 1. The predicted molar refractivity (Wildman–Crippen MR) is 72.1 cm³/mol. The van der Waals surface area contributed by atoms with E-state index in [4.69, 9.17) is 0 Å². The van der Waals surface area contributed by atoms with Gasteiger partial charge in [-0.15, -0.1) is 11.8 Å². The van der Waals surface area contributed by atoms with E-state index in [0.29, 0.717) is 5.25 Å². The highest BCUT2D eigenvalue weighted by Crippen LogP contribution is 2.23. The summed E-state index contributed by atoms with van der Waals surface area (Å²) in [4.78, 5) is 1.32. The minimum Gasteiger partial charge on any atom is -0.390 e. The van der Waals surface area contributed by atoms with Crippen LogP contribution in [0.4, 0.5) is 0 Å². The molecule has 0 aliphatic heterocycles. The molecule has 1 N–H and O–H groups in total. The number of benzene rings is 1. The zero-order chi connectivity index (χ0) is 12.2. The van der Waals surface area contributed by atoms with Gasteiger partial charge in [-0.25, -0.2) is 0 Å². The summed E-state index contributed by atoms with van der Waals surface area (Å²) in [5, 5.41) is 10.3. The van der Waals surface area contributed by atoms with Crippen LogP contribution in [0.25, 0.3) is 0 Å². The molecule has 2 heteroatoms. The smallest absolute Gasteiger partial charge is 0.0594 e. The van der Waals surface area contributed by atoms with Gasteiger partial charge in [-0.05, 0) is 44.4 Å². The second-order valence-corrected chi connectivity index (χ2v) is 6.77. The molecule has 0 amide bonds. The number of aliphatic hydroxyl groups is 1. The summed E-state index contributed by atoms with van der Waals surface area (Å²) in [6.45, 7) is 8.12. The summed E-state index contributed by atoms with van der Waals surface area (Å²) < 4.78 is 0. The Morgan fingerprint density at radius 3 is 2.19 bits per heavy atom. The lowest BCUT2D eigenvalue weighted by Crippen LogP contribution is -2.19. The van der Waals surface area contributed by atoms with Crippen LogP contribution < -0.4 is 0 Å². The van der Waals surface area contributed by atoms with Gasteiger partial charge in [0.1, 0.15) is 0 Å². The van der Waals surface area contributed by atoms with Crippen molar-refractivity contribution in [2.75, 3.05) is 0 Å². The lowest BCUT2D eigenvalue weighted by atomic mass is 9.99. The van der Waals surface area contributed by atoms with Crippen LogP contribution in [-0.2, 0) is 6.42 Å². The third-order valence-corrected chi connectivity index (χ3v) is 3.34.